The highest BCUT2D eigenvalue weighted by molar-refractivity contribution is 6.25. The number of ether oxygens (including phenoxy) is 2. The number of amides is 3. The van der Waals surface area contributed by atoms with E-state index in [4.69, 9.17) is 9.47 Å². The Morgan fingerprint density at radius 3 is 2.39 bits per heavy atom. The fraction of sp³-hybridized carbons (Fsp3) is 0.333. The maximum Gasteiger partial charge on any atom is 0.261 e. The molecule has 3 aliphatic rings. The van der Waals surface area contributed by atoms with E-state index in [0.29, 0.717) is 53.4 Å². The Hall–Kier alpha value is -4.20. The van der Waals surface area contributed by atoms with Gasteiger partial charge in [0.15, 0.2) is 11.5 Å². The van der Waals surface area contributed by atoms with E-state index in [2.05, 4.69) is 4.99 Å². The third-order valence-electron chi connectivity index (χ3n) is 7.60. The molecule has 3 aromatic carbocycles. The van der Waals surface area contributed by atoms with E-state index in [0.717, 1.165) is 43.0 Å². The summed E-state index contributed by atoms with van der Waals surface area (Å²) >= 11 is 0. The van der Waals surface area contributed by atoms with Gasteiger partial charge < -0.3 is 14.4 Å². The highest BCUT2D eigenvalue weighted by Crippen LogP contribution is 2.38. The highest BCUT2D eigenvalue weighted by Gasteiger charge is 2.33. The van der Waals surface area contributed by atoms with Gasteiger partial charge in [0, 0.05) is 41.9 Å². The predicted molar refractivity (Wildman–Crippen MR) is 144 cm³/mol. The summed E-state index contributed by atoms with van der Waals surface area (Å²) in [5.41, 5.74) is 2.29. The molecule has 0 aliphatic carbocycles. The lowest BCUT2D eigenvalue weighted by Crippen LogP contribution is -2.40. The summed E-state index contributed by atoms with van der Waals surface area (Å²) in [6.45, 7) is 1.54. The maximum absolute atomic E-state index is 13.0. The number of unbranched alkanes of at least 4 members (excludes halogenated alkanes) is 2. The van der Waals surface area contributed by atoms with Crippen molar-refractivity contribution in [3.05, 3.63) is 65.2 Å². The number of nitrogens with zero attached hydrogens (tertiary/aromatic N) is 3. The Kier molecular flexibility index (Phi) is 6.31. The van der Waals surface area contributed by atoms with Gasteiger partial charge >= 0.3 is 0 Å². The van der Waals surface area contributed by atoms with E-state index in [9.17, 15) is 14.4 Å². The van der Waals surface area contributed by atoms with Gasteiger partial charge in [0.05, 0.1) is 31.0 Å². The molecule has 6 rings (SSSR count). The summed E-state index contributed by atoms with van der Waals surface area (Å²) < 4.78 is 11.5. The van der Waals surface area contributed by atoms with Crippen molar-refractivity contribution in [2.75, 3.05) is 26.8 Å². The van der Waals surface area contributed by atoms with Crippen LogP contribution in [0.4, 0.5) is 5.69 Å². The van der Waals surface area contributed by atoms with Crippen LogP contribution in [0.25, 0.3) is 10.8 Å². The van der Waals surface area contributed by atoms with Crippen LogP contribution in [0.1, 0.15) is 63.2 Å². The number of benzene rings is 3. The third-order valence-corrected chi connectivity index (χ3v) is 7.60. The molecule has 0 aromatic heterocycles. The second-order valence-corrected chi connectivity index (χ2v) is 9.89. The molecule has 8 heteroatoms. The van der Waals surface area contributed by atoms with Crippen molar-refractivity contribution >= 4 is 40.4 Å². The Balaban J connectivity index is 1.06. The third kappa shape index (κ3) is 4.10. The van der Waals surface area contributed by atoms with Gasteiger partial charge in [-0.2, -0.15) is 0 Å². The van der Waals surface area contributed by atoms with Gasteiger partial charge in [0.2, 0.25) is 0 Å². The fourth-order valence-corrected chi connectivity index (χ4v) is 5.63. The second kappa shape index (κ2) is 9.93. The molecule has 3 heterocycles. The zero-order valence-electron chi connectivity index (χ0n) is 21.3. The minimum absolute atomic E-state index is 0.0227. The summed E-state index contributed by atoms with van der Waals surface area (Å²) in [5.74, 6) is 0.554. The summed E-state index contributed by atoms with van der Waals surface area (Å²) in [5, 5.41) is 1.65. The molecule has 0 N–H and O–H groups in total. The number of methoxy groups -OCH3 is 1. The van der Waals surface area contributed by atoms with E-state index in [-0.39, 0.29) is 23.8 Å². The van der Waals surface area contributed by atoms with Crippen LogP contribution in [-0.4, -0.2) is 66.6 Å². The van der Waals surface area contributed by atoms with Gasteiger partial charge in [0.1, 0.15) is 0 Å². The molecule has 1 saturated heterocycles. The van der Waals surface area contributed by atoms with Gasteiger partial charge in [-0.15, -0.1) is 0 Å². The molecule has 3 aromatic rings. The van der Waals surface area contributed by atoms with Crippen LogP contribution in [0, 0.1) is 0 Å². The van der Waals surface area contributed by atoms with E-state index in [1.54, 1.807) is 31.4 Å². The van der Waals surface area contributed by atoms with Crippen LogP contribution in [0.3, 0.4) is 0 Å². The average molecular weight is 512 g/mol. The van der Waals surface area contributed by atoms with Crippen molar-refractivity contribution in [3.8, 4) is 11.5 Å². The lowest BCUT2D eigenvalue weighted by atomic mass is 9.94. The minimum Gasteiger partial charge on any atom is -0.493 e. The van der Waals surface area contributed by atoms with Gasteiger partial charge in [-0.25, -0.2) is 0 Å². The smallest absolute Gasteiger partial charge is 0.261 e. The molecule has 1 fully saturated rings. The quantitative estimate of drug-likeness (QED) is 0.313. The van der Waals surface area contributed by atoms with Crippen molar-refractivity contribution in [2.45, 2.75) is 38.1 Å². The van der Waals surface area contributed by atoms with Crippen molar-refractivity contribution in [2.24, 2.45) is 4.99 Å². The van der Waals surface area contributed by atoms with Crippen LogP contribution in [0.2, 0.25) is 0 Å². The van der Waals surface area contributed by atoms with Crippen molar-refractivity contribution in [1.29, 1.82) is 0 Å². The van der Waals surface area contributed by atoms with Crippen LogP contribution in [0.15, 0.2) is 53.5 Å². The Morgan fingerprint density at radius 2 is 1.66 bits per heavy atom. The predicted octanol–water partition coefficient (Wildman–Crippen LogP) is 5.01. The number of carbonyl (C=O) groups is 3. The maximum atomic E-state index is 13.0. The molecule has 194 valence electrons. The average Bonchev–Trinajstić information content (AvgIpc) is 3.37. The summed E-state index contributed by atoms with van der Waals surface area (Å²) in [6.07, 6.45) is 5.97. The van der Waals surface area contributed by atoms with Crippen LogP contribution < -0.4 is 9.47 Å². The molecule has 0 saturated carbocycles. The number of rotatable bonds is 8. The van der Waals surface area contributed by atoms with Gasteiger partial charge in [-0.3, -0.25) is 24.3 Å². The van der Waals surface area contributed by atoms with E-state index >= 15 is 0 Å². The first-order valence-corrected chi connectivity index (χ1v) is 13.1. The van der Waals surface area contributed by atoms with Gasteiger partial charge in [-0.05, 0) is 55.7 Å². The standard InChI is InChI=1S/C30H29N3O5/c1-37-25-16-23-24(31-18-20-10-7-14-32(20)30(23)36)17-26(25)38-15-4-2-3-13-33-28(34)21-11-5-8-19-9-6-12-22(27(19)21)29(33)35/h5-6,8-9,11-12,16-18,20H,2-4,7,10,13-15H2,1H3/t20-/m0/s1. The topological polar surface area (TPSA) is 88.5 Å². The first-order valence-electron chi connectivity index (χ1n) is 13.1. The number of carbonyl (C=O) groups excluding carboxylic acids is 3. The van der Waals surface area contributed by atoms with Crippen molar-refractivity contribution in [3.63, 3.8) is 0 Å². The van der Waals surface area contributed by atoms with Gasteiger partial charge in [0.25, 0.3) is 17.7 Å². The summed E-state index contributed by atoms with van der Waals surface area (Å²) in [4.78, 5) is 46.9. The molecule has 1 atom stereocenters. The second-order valence-electron chi connectivity index (χ2n) is 9.89. The summed E-state index contributed by atoms with van der Waals surface area (Å²) in [6, 6.07) is 14.7. The number of imide groups is 1. The zero-order valence-corrected chi connectivity index (χ0v) is 21.3. The number of fused-ring (bicyclic) bond motifs is 2. The molecule has 38 heavy (non-hydrogen) atoms. The zero-order chi connectivity index (χ0) is 26.2. The first-order chi connectivity index (χ1) is 18.6. The SMILES string of the molecule is COc1cc2c(cc1OCCCCCN1C(=O)c3cccc4cccc(c34)C1=O)N=C[C@@H]1CCCN1C2=O. The van der Waals surface area contributed by atoms with Crippen molar-refractivity contribution in [1.82, 2.24) is 9.80 Å². The number of hydrogen-bond acceptors (Lipinski definition) is 6. The number of aliphatic imine (C=N–C) groups is 1. The molecule has 0 bridgehead atoms. The van der Waals surface area contributed by atoms with E-state index in [1.807, 2.05) is 35.4 Å². The van der Waals surface area contributed by atoms with Crippen molar-refractivity contribution < 1.29 is 23.9 Å². The molecule has 0 radical (unpaired) electrons. The molecular weight excluding hydrogens is 482 g/mol. The molecule has 8 nitrogen and oxygen atoms in total. The fourth-order valence-electron chi connectivity index (χ4n) is 5.63. The largest absolute Gasteiger partial charge is 0.493 e. The van der Waals surface area contributed by atoms with E-state index < -0.39 is 0 Å². The summed E-state index contributed by atoms with van der Waals surface area (Å²) in [7, 11) is 1.56. The molecular formula is C30H29N3O5. The molecule has 0 spiro atoms. The van der Waals surface area contributed by atoms with Gasteiger partial charge in [-0.1, -0.05) is 24.3 Å². The Labute approximate surface area is 220 Å². The molecule has 3 amide bonds. The first kappa shape index (κ1) is 24.2. The Morgan fingerprint density at radius 1 is 0.895 bits per heavy atom. The lowest BCUT2D eigenvalue weighted by molar-refractivity contribution is 0.0606. The normalized spacial score (nSPS) is 18.0. The van der Waals surface area contributed by atoms with Crippen LogP contribution in [0.5, 0.6) is 11.5 Å². The van der Waals surface area contributed by atoms with E-state index in [1.165, 1.54) is 4.90 Å². The van der Waals surface area contributed by atoms with Crippen LogP contribution >= 0.6 is 0 Å². The number of hydrogen-bond donors (Lipinski definition) is 0. The highest BCUT2D eigenvalue weighted by atomic mass is 16.5. The molecule has 0 unspecified atom stereocenters. The molecule has 3 aliphatic heterocycles. The lowest BCUT2D eigenvalue weighted by Gasteiger charge is -2.27. The Bertz CT molecular complexity index is 1430. The monoisotopic (exact) mass is 511 g/mol. The van der Waals surface area contributed by atoms with Crippen LogP contribution in [-0.2, 0) is 0 Å². The minimum atomic E-state index is -0.235.